The van der Waals surface area contributed by atoms with E-state index in [0.29, 0.717) is 0 Å². The van der Waals surface area contributed by atoms with Crippen molar-refractivity contribution >= 4 is 17.7 Å². The maximum Gasteiger partial charge on any atom is 0.335 e. The number of hydrogen-bond acceptors (Lipinski definition) is 3. The van der Waals surface area contributed by atoms with Crippen LogP contribution in [0.4, 0.5) is 0 Å². The van der Waals surface area contributed by atoms with Gasteiger partial charge in [0, 0.05) is 5.92 Å². The molecule has 0 saturated carbocycles. The van der Waals surface area contributed by atoms with Gasteiger partial charge in [-0.3, -0.25) is 0 Å². The second-order valence-electron chi connectivity index (χ2n) is 5.90. The van der Waals surface area contributed by atoms with Gasteiger partial charge in [0.15, 0.2) is 0 Å². The SMILES string of the molecule is CCCCS/C=C(\C(=O)OC)C1c2ccccc2-c2ccccc21. The first-order valence-corrected chi connectivity index (χ1v) is 9.41. The van der Waals surface area contributed by atoms with Gasteiger partial charge in [0.1, 0.15) is 0 Å². The lowest BCUT2D eigenvalue weighted by atomic mass is 9.90. The third kappa shape index (κ3) is 3.13. The van der Waals surface area contributed by atoms with Crippen molar-refractivity contribution in [3.8, 4) is 11.1 Å². The molecule has 1 aliphatic carbocycles. The molecule has 3 rings (SSSR count). The fourth-order valence-corrected chi connectivity index (χ4v) is 4.20. The number of esters is 1. The van der Waals surface area contributed by atoms with Gasteiger partial charge < -0.3 is 4.74 Å². The van der Waals surface area contributed by atoms with Crippen LogP contribution in [0.3, 0.4) is 0 Å². The summed E-state index contributed by atoms with van der Waals surface area (Å²) in [6.07, 6.45) is 2.30. The lowest BCUT2D eigenvalue weighted by molar-refractivity contribution is -0.136. The van der Waals surface area contributed by atoms with Crippen molar-refractivity contribution in [2.24, 2.45) is 0 Å². The third-order valence-corrected chi connectivity index (χ3v) is 5.34. The van der Waals surface area contributed by atoms with Gasteiger partial charge in [0.2, 0.25) is 0 Å². The number of carbonyl (C=O) groups excluding carboxylic acids is 1. The number of hydrogen-bond donors (Lipinski definition) is 0. The Bertz CT molecular complexity index is 718. The second-order valence-corrected chi connectivity index (χ2v) is 6.87. The Labute approximate surface area is 147 Å². The van der Waals surface area contributed by atoms with Crippen LogP contribution < -0.4 is 0 Å². The van der Waals surface area contributed by atoms with Gasteiger partial charge in [-0.1, -0.05) is 61.9 Å². The fraction of sp³-hybridized carbons (Fsp3) is 0.286. The highest BCUT2D eigenvalue weighted by Crippen LogP contribution is 2.48. The number of fused-ring (bicyclic) bond motifs is 3. The number of thioether (sulfide) groups is 1. The Kier molecular flexibility index (Phi) is 5.41. The molecule has 0 saturated heterocycles. The molecule has 1 aliphatic rings. The van der Waals surface area contributed by atoms with E-state index in [-0.39, 0.29) is 11.9 Å². The molecule has 0 bridgehead atoms. The van der Waals surface area contributed by atoms with Crippen molar-refractivity contribution in [1.82, 2.24) is 0 Å². The van der Waals surface area contributed by atoms with Crippen LogP contribution in [0.15, 0.2) is 59.5 Å². The van der Waals surface area contributed by atoms with Gasteiger partial charge in [-0.15, -0.1) is 11.8 Å². The molecular formula is C21H22O2S. The zero-order chi connectivity index (χ0) is 16.9. The van der Waals surface area contributed by atoms with E-state index in [4.69, 9.17) is 4.74 Å². The smallest absolute Gasteiger partial charge is 0.335 e. The summed E-state index contributed by atoms with van der Waals surface area (Å²) in [7, 11) is 1.46. The van der Waals surface area contributed by atoms with Gasteiger partial charge >= 0.3 is 5.97 Å². The number of ether oxygens (including phenoxy) is 1. The second kappa shape index (κ2) is 7.71. The highest BCUT2D eigenvalue weighted by Gasteiger charge is 2.34. The predicted octanol–water partition coefficient (Wildman–Crippen LogP) is 5.39. The van der Waals surface area contributed by atoms with Crippen LogP contribution in [0.25, 0.3) is 11.1 Å². The molecule has 24 heavy (non-hydrogen) atoms. The Morgan fingerprint density at radius 2 is 1.67 bits per heavy atom. The zero-order valence-electron chi connectivity index (χ0n) is 14.1. The van der Waals surface area contributed by atoms with E-state index in [9.17, 15) is 4.79 Å². The number of methoxy groups -OCH3 is 1. The Morgan fingerprint density at radius 1 is 1.08 bits per heavy atom. The minimum Gasteiger partial charge on any atom is -0.466 e. The fourth-order valence-electron chi connectivity index (χ4n) is 3.22. The van der Waals surface area contributed by atoms with E-state index in [1.165, 1.54) is 29.4 Å². The quantitative estimate of drug-likeness (QED) is 0.401. The maximum atomic E-state index is 12.5. The average molecular weight is 338 g/mol. The van der Waals surface area contributed by atoms with Crippen molar-refractivity contribution in [2.75, 3.05) is 12.9 Å². The third-order valence-electron chi connectivity index (χ3n) is 4.39. The number of unbranched alkanes of at least 4 members (excludes halogenated alkanes) is 1. The number of rotatable bonds is 6. The molecule has 0 spiro atoms. The Hall–Kier alpha value is -2.00. The van der Waals surface area contributed by atoms with Crippen LogP contribution >= 0.6 is 11.8 Å². The molecule has 0 aliphatic heterocycles. The summed E-state index contributed by atoms with van der Waals surface area (Å²) in [4.78, 5) is 12.5. The van der Waals surface area contributed by atoms with Gasteiger partial charge in [-0.05, 0) is 39.8 Å². The molecule has 0 radical (unpaired) electrons. The topological polar surface area (TPSA) is 26.3 Å². The number of carbonyl (C=O) groups is 1. The minimum absolute atomic E-state index is 0.0426. The summed E-state index contributed by atoms with van der Waals surface area (Å²) in [6, 6.07) is 16.7. The molecular weight excluding hydrogens is 316 g/mol. The van der Waals surface area contributed by atoms with Gasteiger partial charge in [0.25, 0.3) is 0 Å². The van der Waals surface area contributed by atoms with E-state index < -0.39 is 0 Å². The lowest BCUT2D eigenvalue weighted by Crippen LogP contribution is -2.12. The van der Waals surface area contributed by atoms with Crippen molar-refractivity contribution < 1.29 is 9.53 Å². The monoisotopic (exact) mass is 338 g/mol. The van der Waals surface area contributed by atoms with Crippen LogP contribution in [0.2, 0.25) is 0 Å². The lowest BCUT2D eigenvalue weighted by Gasteiger charge is -2.16. The van der Waals surface area contributed by atoms with Crippen molar-refractivity contribution in [3.05, 3.63) is 70.6 Å². The van der Waals surface area contributed by atoms with Crippen molar-refractivity contribution in [1.29, 1.82) is 0 Å². The van der Waals surface area contributed by atoms with Crippen molar-refractivity contribution in [2.45, 2.75) is 25.7 Å². The molecule has 0 atom stereocenters. The first kappa shape index (κ1) is 16.8. The van der Waals surface area contributed by atoms with Gasteiger partial charge in [0.05, 0.1) is 12.7 Å². The molecule has 0 aromatic heterocycles. The van der Waals surface area contributed by atoms with E-state index in [0.717, 1.165) is 24.2 Å². The summed E-state index contributed by atoms with van der Waals surface area (Å²) in [5.74, 6) is 0.738. The Balaban J connectivity index is 2.05. The van der Waals surface area contributed by atoms with E-state index in [1.807, 2.05) is 17.5 Å². The summed E-state index contributed by atoms with van der Waals surface area (Å²) in [6.45, 7) is 2.18. The summed E-state index contributed by atoms with van der Waals surface area (Å²) in [5.41, 5.74) is 5.53. The minimum atomic E-state index is -0.240. The van der Waals surface area contributed by atoms with Crippen LogP contribution in [-0.4, -0.2) is 18.8 Å². The van der Waals surface area contributed by atoms with E-state index >= 15 is 0 Å². The standard InChI is InChI=1S/C21H22O2S/c1-3-4-13-24-14-19(21(22)23-2)20-17-11-7-5-9-15(17)16-10-6-8-12-18(16)20/h5-12,14,20H,3-4,13H2,1-2H3/b19-14-. The Morgan fingerprint density at radius 3 is 2.21 bits per heavy atom. The van der Waals surface area contributed by atoms with Crippen LogP contribution in [0, 0.1) is 0 Å². The van der Waals surface area contributed by atoms with E-state index in [1.54, 1.807) is 11.8 Å². The van der Waals surface area contributed by atoms with Crippen molar-refractivity contribution in [3.63, 3.8) is 0 Å². The van der Waals surface area contributed by atoms with Gasteiger partial charge in [-0.25, -0.2) is 4.79 Å². The molecule has 0 N–H and O–H groups in total. The molecule has 2 nitrogen and oxygen atoms in total. The molecule has 2 aromatic carbocycles. The molecule has 0 unspecified atom stereocenters. The molecule has 2 aromatic rings. The van der Waals surface area contributed by atoms with Crippen LogP contribution in [0.5, 0.6) is 0 Å². The highest BCUT2D eigenvalue weighted by molar-refractivity contribution is 8.02. The number of benzene rings is 2. The van der Waals surface area contributed by atoms with Crippen LogP contribution in [0.1, 0.15) is 36.8 Å². The average Bonchev–Trinajstić information content (AvgIpc) is 2.96. The molecule has 0 amide bonds. The summed E-state index contributed by atoms with van der Waals surface area (Å²) in [5, 5.41) is 2.00. The first-order chi connectivity index (χ1) is 11.8. The largest absolute Gasteiger partial charge is 0.466 e. The summed E-state index contributed by atoms with van der Waals surface area (Å²) < 4.78 is 5.09. The molecule has 0 heterocycles. The molecule has 0 fully saturated rings. The maximum absolute atomic E-state index is 12.5. The molecule has 124 valence electrons. The normalized spacial score (nSPS) is 13.5. The summed E-state index contributed by atoms with van der Waals surface area (Å²) >= 11 is 1.70. The predicted molar refractivity (Wildman–Crippen MR) is 101 cm³/mol. The zero-order valence-corrected chi connectivity index (χ0v) is 14.9. The van der Waals surface area contributed by atoms with Crippen LogP contribution in [-0.2, 0) is 9.53 Å². The van der Waals surface area contributed by atoms with E-state index in [2.05, 4.69) is 43.3 Å². The molecule has 3 heteroatoms. The highest BCUT2D eigenvalue weighted by atomic mass is 32.2. The van der Waals surface area contributed by atoms with Gasteiger partial charge in [-0.2, -0.15) is 0 Å². The first-order valence-electron chi connectivity index (χ1n) is 8.36.